The number of H-pyrrole nitrogens is 1. The fourth-order valence-corrected chi connectivity index (χ4v) is 3.28. The highest BCUT2D eigenvalue weighted by molar-refractivity contribution is 5.90. The molecule has 2 aliphatic rings. The number of nitrogens with one attached hydrogen (secondary N) is 2. The summed E-state index contributed by atoms with van der Waals surface area (Å²) in [5.41, 5.74) is 3.17. The number of rotatable bonds is 1. The summed E-state index contributed by atoms with van der Waals surface area (Å²) in [6.45, 7) is 5.61. The Kier molecular flexibility index (Phi) is 2.99. The SMILES string of the molecule is Cc1n[nH]c(C)c1NC(=O)N1CCC2(CCC2)CC1. The second-order valence-electron chi connectivity index (χ2n) is 6.08. The van der Waals surface area contributed by atoms with Crippen LogP contribution in [-0.2, 0) is 0 Å². The van der Waals surface area contributed by atoms with Crippen LogP contribution in [0.1, 0.15) is 43.5 Å². The molecule has 0 atom stereocenters. The number of aryl methyl sites for hydroxylation is 2. The maximum Gasteiger partial charge on any atom is 0.321 e. The van der Waals surface area contributed by atoms with E-state index in [1.54, 1.807) is 0 Å². The monoisotopic (exact) mass is 262 g/mol. The molecule has 0 radical (unpaired) electrons. The van der Waals surface area contributed by atoms with Crippen molar-refractivity contribution >= 4 is 11.7 Å². The van der Waals surface area contributed by atoms with Crippen LogP contribution in [-0.4, -0.2) is 34.2 Å². The topological polar surface area (TPSA) is 61.0 Å². The van der Waals surface area contributed by atoms with Crippen molar-refractivity contribution in [3.05, 3.63) is 11.4 Å². The van der Waals surface area contributed by atoms with Crippen LogP contribution < -0.4 is 5.32 Å². The first kappa shape index (κ1) is 12.5. The maximum absolute atomic E-state index is 12.3. The Balaban J connectivity index is 1.59. The first-order valence-electron chi connectivity index (χ1n) is 7.17. The van der Waals surface area contributed by atoms with Gasteiger partial charge < -0.3 is 10.2 Å². The molecule has 1 aliphatic carbocycles. The minimum atomic E-state index is 0.0155. The molecule has 0 bridgehead atoms. The summed E-state index contributed by atoms with van der Waals surface area (Å²) in [5, 5.41) is 9.98. The van der Waals surface area contributed by atoms with Crippen LogP contribution in [0.2, 0.25) is 0 Å². The molecule has 1 saturated carbocycles. The van der Waals surface area contributed by atoms with Gasteiger partial charge >= 0.3 is 6.03 Å². The molecule has 5 heteroatoms. The maximum atomic E-state index is 12.3. The fourth-order valence-electron chi connectivity index (χ4n) is 3.28. The van der Waals surface area contributed by atoms with Gasteiger partial charge in [0.15, 0.2) is 0 Å². The van der Waals surface area contributed by atoms with E-state index >= 15 is 0 Å². The highest BCUT2D eigenvalue weighted by Gasteiger charge is 2.40. The van der Waals surface area contributed by atoms with Gasteiger partial charge in [0.25, 0.3) is 0 Å². The van der Waals surface area contributed by atoms with Crippen molar-refractivity contribution in [3.8, 4) is 0 Å². The zero-order valence-corrected chi connectivity index (χ0v) is 11.8. The van der Waals surface area contributed by atoms with Gasteiger partial charge in [0.05, 0.1) is 17.1 Å². The summed E-state index contributed by atoms with van der Waals surface area (Å²) in [5.74, 6) is 0. The van der Waals surface area contributed by atoms with Crippen LogP contribution >= 0.6 is 0 Å². The van der Waals surface area contributed by atoms with Crippen molar-refractivity contribution in [2.45, 2.75) is 46.0 Å². The molecule has 2 amide bonds. The van der Waals surface area contributed by atoms with Gasteiger partial charge in [-0.15, -0.1) is 0 Å². The van der Waals surface area contributed by atoms with Gasteiger partial charge in [-0.2, -0.15) is 5.10 Å². The van der Waals surface area contributed by atoms with Crippen LogP contribution in [0.3, 0.4) is 0 Å². The lowest BCUT2D eigenvalue weighted by molar-refractivity contribution is 0.0487. The standard InChI is InChI=1S/C14H22N4O/c1-10-12(11(2)17-16-10)15-13(19)18-8-6-14(7-9-18)4-3-5-14/h3-9H2,1-2H3,(H,15,19)(H,16,17). The number of hydrogen-bond donors (Lipinski definition) is 2. The van der Waals surface area contributed by atoms with E-state index in [1.165, 1.54) is 32.1 Å². The average molecular weight is 262 g/mol. The summed E-state index contributed by atoms with van der Waals surface area (Å²) in [4.78, 5) is 14.2. The van der Waals surface area contributed by atoms with Crippen molar-refractivity contribution in [1.29, 1.82) is 0 Å². The molecule has 5 nitrogen and oxygen atoms in total. The summed E-state index contributed by atoms with van der Waals surface area (Å²) in [6, 6.07) is 0.0155. The van der Waals surface area contributed by atoms with E-state index in [9.17, 15) is 4.79 Å². The number of aromatic nitrogens is 2. The van der Waals surface area contributed by atoms with Crippen LogP contribution in [0.5, 0.6) is 0 Å². The minimum absolute atomic E-state index is 0.0155. The predicted octanol–water partition coefficient (Wildman–Crippen LogP) is 2.82. The highest BCUT2D eigenvalue weighted by atomic mass is 16.2. The van der Waals surface area contributed by atoms with E-state index in [-0.39, 0.29) is 6.03 Å². The van der Waals surface area contributed by atoms with E-state index in [0.717, 1.165) is 30.2 Å². The summed E-state index contributed by atoms with van der Waals surface area (Å²) < 4.78 is 0. The third-order valence-corrected chi connectivity index (χ3v) is 4.89. The summed E-state index contributed by atoms with van der Waals surface area (Å²) in [7, 11) is 0. The number of likely N-dealkylation sites (tertiary alicyclic amines) is 1. The minimum Gasteiger partial charge on any atom is -0.324 e. The Morgan fingerprint density at radius 2 is 1.95 bits per heavy atom. The number of anilines is 1. The van der Waals surface area contributed by atoms with E-state index in [4.69, 9.17) is 0 Å². The number of urea groups is 1. The summed E-state index contributed by atoms with van der Waals surface area (Å²) >= 11 is 0. The first-order chi connectivity index (χ1) is 9.10. The quantitative estimate of drug-likeness (QED) is 0.817. The normalized spacial score (nSPS) is 21.3. The molecule has 19 heavy (non-hydrogen) atoms. The molecular weight excluding hydrogens is 240 g/mol. The molecule has 2 N–H and O–H groups in total. The molecule has 3 rings (SSSR count). The number of amides is 2. The number of carbonyl (C=O) groups is 1. The molecule has 1 spiro atoms. The molecule has 0 unspecified atom stereocenters. The van der Waals surface area contributed by atoms with E-state index in [1.807, 2.05) is 18.7 Å². The summed E-state index contributed by atoms with van der Waals surface area (Å²) in [6.07, 6.45) is 6.44. The second-order valence-corrected chi connectivity index (χ2v) is 6.08. The zero-order chi connectivity index (χ0) is 13.5. The largest absolute Gasteiger partial charge is 0.324 e. The van der Waals surface area contributed by atoms with Crippen LogP contribution in [0, 0.1) is 19.3 Å². The lowest BCUT2D eigenvalue weighted by Crippen LogP contribution is -2.47. The van der Waals surface area contributed by atoms with Crippen LogP contribution in [0.25, 0.3) is 0 Å². The number of hydrogen-bond acceptors (Lipinski definition) is 2. The van der Waals surface area contributed by atoms with Gasteiger partial charge in [-0.3, -0.25) is 5.10 Å². The van der Waals surface area contributed by atoms with Gasteiger partial charge in [0.1, 0.15) is 0 Å². The molecule has 2 fully saturated rings. The molecule has 1 aromatic rings. The van der Waals surface area contributed by atoms with Gasteiger partial charge in [-0.05, 0) is 44.9 Å². The van der Waals surface area contributed by atoms with Crippen molar-refractivity contribution < 1.29 is 4.79 Å². The third-order valence-electron chi connectivity index (χ3n) is 4.89. The second kappa shape index (κ2) is 4.54. The lowest BCUT2D eigenvalue weighted by atomic mass is 9.63. The lowest BCUT2D eigenvalue weighted by Gasteiger charge is -2.47. The van der Waals surface area contributed by atoms with E-state index < -0.39 is 0 Å². The third kappa shape index (κ3) is 2.22. The van der Waals surface area contributed by atoms with Gasteiger partial charge in [0, 0.05) is 13.1 Å². The number of carbonyl (C=O) groups excluding carboxylic acids is 1. The van der Waals surface area contributed by atoms with E-state index in [2.05, 4.69) is 15.5 Å². The zero-order valence-electron chi connectivity index (χ0n) is 11.8. The van der Waals surface area contributed by atoms with Crippen molar-refractivity contribution in [2.24, 2.45) is 5.41 Å². The van der Waals surface area contributed by atoms with Crippen LogP contribution in [0.15, 0.2) is 0 Å². The molecule has 1 saturated heterocycles. The predicted molar refractivity (Wildman–Crippen MR) is 74.2 cm³/mol. The molecular formula is C14H22N4O. The first-order valence-corrected chi connectivity index (χ1v) is 7.17. The van der Waals surface area contributed by atoms with Crippen molar-refractivity contribution in [2.75, 3.05) is 18.4 Å². The smallest absolute Gasteiger partial charge is 0.321 e. The molecule has 1 aromatic heterocycles. The Morgan fingerprint density at radius 3 is 2.42 bits per heavy atom. The number of aromatic amines is 1. The molecule has 1 aliphatic heterocycles. The average Bonchev–Trinajstić information content (AvgIpc) is 2.69. The Hall–Kier alpha value is -1.52. The number of nitrogens with zero attached hydrogens (tertiary/aromatic N) is 2. The molecule has 0 aromatic carbocycles. The van der Waals surface area contributed by atoms with Crippen molar-refractivity contribution in [3.63, 3.8) is 0 Å². The fraction of sp³-hybridized carbons (Fsp3) is 0.714. The number of piperidine rings is 1. The molecule has 2 heterocycles. The Bertz CT molecular complexity index is 460. The van der Waals surface area contributed by atoms with Gasteiger partial charge in [-0.25, -0.2) is 4.79 Å². The van der Waals surface area contributed by atoms with Crippen molar-refractivity contribution in [1.82, 2.24) is 15.1 Å². The van der Waals surface area contributed by atoms with E-state index in [0.29, 0.717) is 5.41 Å². The van der Waals surface area contributed by atoms with Crippen LogP contribution in [0.4, 0.5) is 10.5 Å². The van der Waals surface area contributed by atoms with Gasteiger partial charge in [-0.1, -0.05) is 6.42 Å². The van der Waals surface area contributed by atoms with Gasteiger partial charge in [0.2, 0.25) is 0 Å². The molecule has 104 valence electrons. The highest BCUT2D eigenvalue weighted by Crippen LogP contribution is 2.48. The Morgan fingerprint density at radius 1 is 1.26 bits per heavy atom. The Labute approximate surface area is 113 Å².